The van der Waals surface area contributed by atoms with Crippen molar-refractivity contribution in [3.63, 3.8) is 0 Å². The molecule has 3 rings (SSSR count). The van der Waals surface area contributed by atoms with Crippen LogP contribution in [0, 0.1) is 5.82 Å². The van der Waals surface area contributed by atoms with Crippen molar-refractivity contribution in [1.82, 2.24) is 4.90 Å². The molecule has 8 heteroatoms. The van der Waals surface area contributed by atoms with Gasteiger partial charge in [-0.2, -0.15) is 0 Å². The van der Waals surface area contributed by atoms with Crippen molar-refractivity contribution in [2.75, 3.05) is 50.9 Å². The van der Waals surface area contributed by atoms with Crippen LogP contribution >= 0.6 is 11.8 Å². The van der Waals surface area contributed by atoms with Gasteiger partial charge in [-0.25, -0.2) is 4.39 Å². The van der Waals surface area contributed by atoms with Crippen molar-refractivity contribution in [2.24, 2.45) is 0 Å². The maximum atomic E-state index is 13.2. The van der Waals surface area contributed by atoms with Gasteiger partial charge in [0.2, 0.25) is 5.91 Å². The molecule has 0 spiro atoms. The topological polar surface area (TPSA) is 63.1 Å². The van der Waals surface area contributed by atoms with Crippen LogP contribution in [0.15, 0.2) is 53.4 Å². The Bertz CT molecular complexity index is 839. The summed E-state index contributed by atoms with van der Waals surface area (Å²) in [5, 5.41) is 2.72. The summed E-state index contributed by atoms with van der Waals surface area (Å²) in [6.07, 6.45) is 0. The predicted octanol–water partition coefficient (Wildman–Crippen LogP) is 1.29. The Hall–Kier alpha value is -2.58. The average Bonchev–Trinajstić information content (AvgIpc) is 2.73. The molecule has 29 heavy (non-hydrogen) atoms. The molecule has 1 fully saturated rings. The molecule has 2 aromatic rings. The summed E-state index contributed by atoms with van der Waals surface area (Å²) in [5.74, 6) is 0.757. The fourth-order valence-electron chi connectivity index (χ4n) is 3.16. The molecular weight excluding hydrogens is 393 g/mol. The highest BCUT2D eigenvalue weighted by atomic mass is 32.2. The van der Waals surface area contributed by atoms with Gasteiger partial charge in [0.1, 0.15) is 11.6 Å². The number of hydrogen-bond acceptors (Lipinski definition) is 4. The van der Waals surface area contributed by atoms with E-state index in [9.17, 15) is 14.0 Å². The van der Waals surface area contributed by atoms with Crippen molar-refractivity contribution in [3.05, 3.63) is 54.3 Å². The number of nitrogens with one attached hydrogen (secondary N) is 2. The molecule has 2 N–H and O–H groups in total. The molecule has 1 saturated heterocycles. The standard InChI is InChI=1S/C21H24FN3O3S/c1-28-18-5-7-19(8-6-18)29-15-21(27)25-11-9-24(10-12-25)14-20(26)23-17-4-2-3-16(22)13-17/h2-8,13H,9-12,14-15H2,1H3,(H,23,26)/p+1. The van der Waals surface area contributed by atoms with E-state index in [2.05, 4.69) is 5.32 Å². The quantitative estimate of drug-likeness (QED) is 0.666. The van der Waals surface area contributed by atoms with Crippen molar-refractivity contribution < 1.29 is 23.6 Å². The minimum absolute atomic E-state index is 0.106. The van der Waals surface area contributed by atoms with Crippen LogP contribution in [0.5, 0.6) is 5.75 Å². The lowest BCUT2D eigenvalue weighted by molar-refractivity contribution is -0.895. The van der Waals surface area contributed by atoms with Gasteiger partial charge in [0.15, 0.2) is 6.54 Å². The molecule has 6 nitrogen and oxygen atoms in total. The van der Waals surface area contributed by atoms with Crippen molar-refractivity contribution in [1.29, 1.82) is 0 Å². The Morgan fingerprint density at radius 1 is 1.17 bits per heavy atom. The molecule has 1 heterocycles. The number of amides is 2. The number of halogens is 1. The fourth-order valence-corrected chi connectivity index (χ4v) is 3.96. The molecule has 2 aromatic carbocycles. The molecule has 1 aliphatic rings. The highest BCUT2D eigenvalue weighted by Gasteiger charge is 2.25. The van der Waals surface area contributed by atoms with E-state index in [0.717, 1.165) is 28.6 Å². The third kappa shape index (κ3) is 6.47. The molecule has 0 radical (unpaired) electrons. The van der Waals surface area contributed by atoms with E-state index >= 15 is 0 Å². The second kappa shape index (κ2) is 10.3. The predicted molar refractivity (Wildman–Crippen MR) is 111 cm³/mol. The first-order valence-electron chi connectivity index (χ1n) is 9.47. The van der Waals surface area contributed by atoms with Crippen molar-refractivity contribution >= 4 is 29.3 Å². The van der Waals surface area contributed by atoms with Crippen molar-refractivity contribution in [3.8, 4) is 5.75 Å². The van der Waals surface area contributed by atoms with E-state index in [-0.39, 0.29) is 17.6 Å². The summed E-state index contributed by atoms with van der Waals surface area (Å²) in [6, 6.07) is 13.5. The summed E-state index contributed by atoms with van der Waals surface area (Å²) >= 11 is 1.51. The van der Waals surface area contributed by atoms with Gasteiger partial charge in [-0.3, -0.25) is 9.59 Å². The summed E-state index contributed by atoms with van der Waals surface area (Å²) in [4.78, 5) is 28.6. The lowest BCUT2D eigenvalue weighted by Gasteiger charge is -2.31. The van der Waals surface area contributed by atoms with E-state index in [1.165, 1.54) is 23.9 Å². The Labute approximate surface area is 174 Å². The van der Waals surface area contributed by atoms with E-state index in [4.69, 9.17) is 4.74 Å². The molecule has 154 valence electrons. The van der Waals surface area contributed by atoms with E-state index in [0.29, 0.717) is 31.1 Å². The summed E-state index contributed by atoms with van der Waals surface area (Å²) < 4.78 is 18.3. The highest BCUT2D eigenvalue weighted by molar-refractivity contribution is 8.00. The monoisotopic (exact) mass is 418 g/mol. The summed E-state index contributed by atoms with van der Waals surface area (Å²) in [7, 11) is 1.62. The van der Waals surface area contributed by atoms with Gasteiger partial charge in [0.05, 0.1) is 39.0 Å². The van der Waals surface area contributed by atoms with Crippen LogP contribution in [0.25, 0.3) is 0 Å². The van der Waals surface area contributed by atoms with Crippen LogP contribution in [0.3, 0.4) is 0 Å². The minimum atomic E-state index is -0.380. The van der Waals surface area contributed by atoms with Gasteiger partial charge in [-0.15, -0.1) is 11.8 Å². The lowest BCUT2D eigenvalue weighted by Crippen LogP contribution is -3.15. The van der Waals surface area contributed by atoms with Crippen LogP contribution in [0.1, 0.15) is 0 Å². The molecule has 0 atom stereocenters. The van der Waals surface area contributed by atoms with Gasteiger partial charge in [-0.1, -0.05) is 6.07 Å². The number of ether oxygens (including phenoxy) is 1. The average molecular weight is 419 g/mol. The smallest absolute Gasteiger partial charge is 0.279 e. The van der Waals surface area contributed by atoms with Crippen molar-refractivity contribution in [2.45, 2.75) is 4.90 Å². The van der Waals surface area contributed by atoms with Gasteiger partial charge >= 0.3 is 0 Å². The zero-order valence-corrected chi connectivity index (χ0v) is 17.1. The second-order valence-electron chi connectivity index (χ2n) is 6.83. The number of rotatable bonds is 7. The molecule has 1 aliphatic heterocycles. The van der Waals surface area contributed by atoms with Gasteiger partial charge in [-0.05, 0) is 42.5 Å². The van der Waals surface area contributed by atoms with Gasteiger partial charge in [0.25, 0.3) is 5.91 Å². The molecular formula is C21H25FN3O3S+. The van der Waals surface area contributed by atoms with Crippen LogP contribution in [-0.4, -0.2) is 62.3 Å². The number of nitrogens with zero attached hydrogens (tertiary/aromatic N) is 1. The largest absolute Gasteiger partial charge is 0.497 e. The van der Waals surface area contributed by atoms with E-state index < -0.39 is 0 Å². The normalized spacial score (nSPS) is 14.5. The molecule has 2 amide bonds. The third-order valence-corrected chi connectivity index (χ3v) is 5.76. The Balaban J connectivity index is 1.38. The number of thioether (sulfide) groups is 1. The number of carbonyl (C=O) groups excluding carboxylic acids is 2. The first-order chi connectivity index (χ1) is 14.0. The fraction of sp³-hybridized carbons (Fsp3) is 0.333. The van der Waals surface area contributed by atoms with Crippen LogP contribution in [-0.2, 0) is 9.59 Å². The molecule has 0 unspecified atom stereocenters. The Morgan fingerprint density at radius 3 is 2.55 bits per heavy atom. The summed E-state index contributed by atoms with van der Waals surface area (Å²) in [6.45, 7) is 3.00. The van der Waals surface area contributed by atoms with Crippen LogP contribution in [0.4, 0.5) is 10.1 Å². The minimum Gasteiger partial charge on any atom is -0.497 e. The van der Waals surface area contributed by atoms with E-state index in [1.54, 1.807) is 19.2 Å². The zero-order valence-electron chi connectivity index (χ0n) is 16.3. The first-order valence-corrected chi connectivity index (χ1v) is 10.5. The molecule has 0 saturated carbocycles. The van der Waals surface area contributed by atoms with Crippen LogP contribution in [0.2, 0.25) is 0 Å². The van der Waals surface area contributed by atoms with E-state index in [1.807, 2.05) is 29.2 Å². The maximum absolute atomic E-state index is 13.2. The van der Waals surface area contributed by atoms with Gasteiger partial charge < -0.3 is 19.9 Å². The Morgan fingerprint density at radius 2 is 1.90 bits per heavy atom. The lowest BCUT2D eigenvalue weighted by atomic mass is 10.3. The highest BCUT2D eigenvalue weighted by Crippen LogP contribution is 2.21. The summed E-state index contributed by atoms with van der Waals surface area (Å²) in [5.41, 5.74) is 0.457. The number of hydrogen-bond donors (Lipinski definition) is 2. The zero-order chi connectivity index (χ0) is 20.6. The SMILES string of the molecule is COc1ccc(SCC(=O)N2CC[NH+](CC(=O)Nc3cccc(F)c3)CC2)cc1. The second-order valence-corrected chi connectivity index (χ2v) is 7.88. The van der Waals surface area contributed by atoms with Gasteiger partial charge in [0, 0.05) is 10.6 Å². The maximum Gasteiger partial charge on any atom is 0.279 e. The van der Waals surface area contributed by atoms with Crippen LogP contribution < -0.4 is 15.0 Å². The number of anilines is 1. The Kier molecular flexibility index (Phi) is 7.48. The number of methoxy groups -OCH3 is 1. The number of piperazine rings is 1. The molecule has 0 bridgehead atoms. The molecule has 0 aliphatic carbocycles. The number of quaternary nitrogens is 1. The third-order valence-electron chi connectivity index (χ3n) is 4.76. The first kappa shape index (κ1) is 21.1. The molecule has 0 aromatic heterocycles. The number of benzene rings is 2. The number of carbonyl (C=O) groups is 2.